The Bertz CT molecular complexity index is 657. The summed E-state index contributed by atoms with van der Waals surface area (Å²) in [4.78, 5) is 20.5. The van der Waals surface area contributed by atoms with Gasteiger partial charge >= 0.3 is 0 Å². The lowest BCUT2D eigenvalue weighted by Crippen LogP contribution is -2.38. The van der Waals surface area contributed by atoms with Gasteiger partial charge in [-0.25, -0.2) is 9.50 Å². The fourth-order valence-electron chi connectivity index (χ4n) is 2.53. The fraction of sp³-hybridized carbons (Fsp3) is 0.600. The number of fused-ring (bicyclic) bond motifs is 1. The second kappa shape index (κ2) is 8.79. The van der Waals surface area contributed by atoms with Gasteiger partial charge in [-0.05, 0) is 39.3 Å². The van der Waals surface area contributed by atoms with Crippen LogP contribution in [-0.4, -0.2) is 44.6 Å². The van der Waals surface area contributed by atoms with Gasteiger partial charge in [-0.1, -0.05) is 6.92 Å². The summed E-state index contributed by atoms with van der Waals surface area (Å²) in [6, 6.07) is 0.283. The topological polar surface area (TPSA) is 84.2 Å². The van der Waals surface area contributed by atoms with E-state index in [-0.39, 0.29) is 24.4 Å². The van der Waals surface area contributed by atoms with E-state index in [2.05, 4.69) is 39.5 Å². The van der Waals surface area contributed by atoms with Crippen LogP contribution in [0.15, 0.2) is 6.33 Å². The third-order valence-electron chi connectivity index (χ3n) is 3.75. The van der Waals surface area contributed by atoms with Gasteiger partial charge in [0, 0.05) is 30.4 Å². The Morgan fingerprint density at radius 2 is 2.13 bits per heavy atom. The van der Waals surface area contributed by atoms with Crippen molar-refractivity contribution in [2.24, 2.45) is 0 Å². The van der Waals surface area contributed by atoms with Crippen LogP contribution in [0, 0.1) is 13.8 Å². The van der Waals surface area contributed by atoms with Crippen LogP contribution in [0.1, 0.15) is 37.2 Å². The van der Waals surface area contributed by atoms with Crippen molar-refractivity contribution in [3.63, 3.8) is 0 Å². The summed E-state index contributed by atoms with van der Waals surface area (Å²) in [7, 11) is 0. The maximum absolute atomic E-state index is 12.0. The van der Waals surface area contributed by atoms with Gasteiger partial charge in [-0.3, -0.25) is 4.79 Å². The van der Waals surface area contributed by atoms with E-state index < -0.39 is 0 Å². The number of likely N-dealkylation sites (N-methyl/N-ethyl adjacent to an activating group) is 1. The molecule has 0 unspecified atom stereocenters. The number of hydrogen-bond acceptors (Lipinski definition) is 5. The summed E-state index contributed by atoms with van der Waals surface area (Å²) in [5, 5.41) is 10.4. The lowest BCUT2D eigenvalue weighted by molar-refractivity contribution is -0.121. The summed E-state index contributed by atoms with van der Waals surface area (Å²) in [5.74, 6) is 0.657. The first kappa shape index (κ1) is 19.3. The zero-order chi connectivity index (χ0) is 16.1. The molecule has 0 aliphatic rings. The Balaban J connectivity index is 0.00000264. The van der Waals surface area contributed by atoms with Gasteiger partial charge in [0.1, 0.15) is 6.33 Å². The number of aromatic nitrogens is 4. The van der Waals surface area contributed by atoms with Crippen molar-refractivity contribution in [3.05, 3.63) is 23.3 Å². The maximum Gasteiger partial charge on any atom is 0.252 e. The quantitative estimate of drug-likeness (QED) is 0.791. The van der Waals surface area contributed by atoms with Crippen LogP contribution in [0.5, 0.6) is 0 Å². The van der Waals surface area contributed by atoms with Gasteiger partial charge in [0.15, 0.2) is 0 Å². The molecule has 2 aromatic heterocycles. The Morgan fingerprint density at radius 1 is 1.39 bits per heavy atom. The number of carbonyl (C=O) groups is 1. The molecule has 1 amide bonds. The Morgan fingerprint density at radius 3 is 2.83 bits per heavy atom. The minimum absolute atomic E-state index is 0. The SMILES string of the molecule is CCN[C@H](C)CNC(=O)CCc1c(C)nc2ncnn2c1C.Cl. The highest BCUT2D eigenvalue weighted by atomic mass is 35.5. The van der Waals surface area contributed by atoms with Gasteiger partial charge in [0.2, 0.25) is 5.91 Å². The van der Waals surface area contributed by atoms with Crippen LogP contribution in [0.2, 0.25) is 0 Å². The Hall–Kier alpha value is -1.73. The number of hydrogen-bond donors (Lipinski definition) is 2. The molecule has 2 heterocycles. The molecule has 0 spiro atoms. The number of rotatable bonds is 7. The lowest BCUT2D eigenvalue weighted by Gasteiger charge is -2.14. The summed E-state index contributed by atoms with van der Waals surface area (Å²) in [6.07, 6.45) is 2.59. The first-order valence-corrected chi connectivity index (χ1v) is 7.68. The van der Waals surface area contributed by atoms with E-state index in [1.54, 1.807) is 4.52 Å². The molecule has 8 heteroatoms. The molecule has 0 aliphatic carbocycles. The van der Waals surface area contributed by atoms with Crippen LogP contribution >= 0.6 is 12.4 Å². The second-order valence-corrected chi connectivity index (χ2v) is 5.50. The third-order valence-corrected chi connectivity index (χ3v) is 3.75. The molecular weight excluding hydrogens is 316 g/mol. The largest absolute Gasteiger partial charge is 0.355 e. The second-order valence-electron chi connectivity index (χ2n) is 5.50. The van der Waals surface area contributed by atoms with Crippen LogP contribution in [-0.2, 0) is 11.2 Å². The van der Waals surface area contributed by atoms with Gasteiger partial charge in [-0.15, -0.1) is 12.4 Å². The predicted octanol–water partition coefficient (Wildman–Crippen LogP) is 1.21. The molecule has 0 radical (unpaired) electrons. The molecule has 2 N–H and O–H groups in total. The van der Waals surface area contributed by atoms with E-state index in [9.17, 15) is 4.79 Å². The minimum atomic E-state index is 0. The molecule has 2 aromatic rings. The molecule has 23 heavy (non-hydrogen) atoms. The molecule has 0 fully saturated rings. The Kier molecular flexibility index (Phi) is 7.38. The molecule has 0 aromatic carbocycles. The molecule has 7 nitrogen and oxygen atoms in total. The molecule has 1 atom stereocenters. The van der Waals surface area contributed by atoms with Crippen LogP contribution < -0.4 is 10.6 Å². The van der Waals surface area contributed by atoms with Crippen LogP contribution in [0.3, 0.4) is 0 Å². The van der Waals surface area contributed by atoms with E-state index in [0.717, 1.165) is 23.5 Å². The predicted molar refractivity (Wildman–Crippen MR) is 92.0 cm³/mol. The zero-order valence-electron chi connectivity index (χ0n) is 14.1. The van der Waals surface area contributed by atoms with E-state index in [4.69, 9.17) is 0 Å². The highest BCUT2D eigenvalue weighted by molar-refractivity contribution is 5.85. The van der Waals surface area contributed by atoms with Gasteiger partial charge in [-0.2, -0.15) is 10.1 Å². The van der Waals surface area contributed by atoms with Crippen LogP contribution in [0.4, 0.5) is 0 Å². The summed E-state index contributed by atoms with van der Waals surface area (Å²) < 4.78 is 1.72. The Labute approximate surface area is 142 Å². The average molecular weight is 341 g/mol. The first-order valence-electron chi connectivity index (χ1n) is 7.68. The number of nitrogens with zero attached hydrogens (tertiary/aromatic N) is 4. The van der Waals surface area contributed by atoms with Gasteiger partial charge in [0.05, 0.1) is 0 Å². The highest BCUT2D eigenvalue weighted by Gasteiger charge is 2.12. The molecule has 0 saturated heterocycles. The van der Waals surface area contributed by atoms with E-state index in [1.807, 2.05) is 13.8 Å². The van der Waals surface area contributed by atoms with Crippen molar-refractivity contribution in [3.8, 4) is 0 Å². The summed E-state index contributed by atoms with van der Waals surface area (Å²) >= 11 is 0. The maximum atomic E-state index is 12.0. The number of halogens is 1. The molecule has 0 aliphatic heterocycles. The fourth-order valence-corrected chi connectivity index (χ4v) is 2.53. The number of carbonyl (C=O) groups excluding carboxylic acids is 1. The molecule has 0 bridgehead atoms. The highest BCUT2D eigenvalue weighted by Crippen LogP contribution is 2.14. The molecule has 128 valence electrons. The molecule has 0 saturated carbocycles. The third kappa shape index (κ3) is 4.87. The number of aryl methyl sites for hydroxylation is 2. The average Bonchev–Trinajstić information content (AvgIpc) is 2.93. The summed E-state index contributed by atoms with van der Waals surface area (Å²) in [5.41, 5.74) is 2.97. The van der Waals surface area contributed by atoms with Crippen molar-refractivity contribution in [1.29, 1.82) is 0 Å². The molecule has 2 rings (SSSR count). The monoisotopic (exact) mass is 340 g/mol. The van der Waals surface area contributed by atoms with Gasteiger partial charge < -0.3 is 10.6 Å². The molecular formula is C15H25ClN6O. The minimum Gasteiger partial charge on any atom is -0.355 e. The first-order chi connectivity index (χ1) is 10.5. The normalized spacial score (nSPS) is 12.0. The lowest BCUT2D eigenvalue weighted by atomic mass is 10.1. The zero-order valence-corrected chi connectivity index (χ0v) is 14.9. The van der Waals surface area contributed by atoms with Crippen molar-refractivity contribution in [1.82, 2.24) is 30.2 Å². The van der Waals surface area contributed by atoms with Crippen LogP contribution in [0.25, 0.3) is 5.78 Å². The number of nitrogens with one attached hydrogen (secondary N) is 2. The van der Waals surface area contributed by atoms with Crippen molar-refractivity contribution in [2.75, 3.05) is 13.1 Å². The summed E-state index contributed by atoms with van der Waals surface area (Å²) in [6.45, 7) is 9.58. The van der Waals surface area contributed by atoms with E-state index in [0.29, 0.717) is 25.2 Å². The van der Waals surface area contributed by atoms with E-state index in [1.165, 1.54) is 6.33 Å². The van der Waals surface area contributed by atoms with Gasteiger partial charge in [0.25, 0.3) is 5.78 Å². The number of amides is 1. The van der Waals surface area contributed by atoms with Crippen molar-refractivity contribution < 1.29 is 4.79 Å². The van der Waals surface area contributed by atoms with E-state index >= 15 is 0 Å². The standard InChI is InChI=1S/C15H24N6O.ClH/c1-5-16-10(2)8-17-14(22)7-6-13-11(3)20-15-18-9-19-21(15)12(13)4;/h9-10,16H,5-8H2,1-4H3,(H,17,22);1H/t10-;/m1./s1. The van der Waals surface area contributed by atoms with Crippen molar-refractivity contribution >= 4 is 24.1 Å². The smallest absolute Gasteiger partial charge is 0.252 e. The van der Waals surface area contributed by atoms with Crippen molar-refractivity contribution in [2.45, 2.75) is 46.6 Å².